The van der Waals surface area contributed by atoms with Crippen molar-refractivity contribution in [2.75, 3.05) is 37.6 Å². The molecule has 1 amide bonds. The van der Waals surface area contributed by atoms with Crippen molar-refractivity contribution in [2.45, 2.75) is 12.8 Å². The standard InChI is InChI=1S/C21H22N4O3/c26-20-15-22-21(16-6-2-1-3-7-16)18-14-17(25(27)28)8-9-19(18)24(20)13-12-23-10-4-5-11-23/h1-3,6-9,14H,4-5,10-13,15H2. The predicted molar refractivity (Wildman–Crippen MR) is 108 cm³/mol. The van der Waals surface area contributed by atoms with Gasteiger partial charge in [-0.1, -0.05) is 30.3 Å². The van der Waals surface area contributed by atoms with Gasteiger partial charge in [0.1, 0.15) is 6.54 Å². The molecule has 144 valence electrons. The van der Waals surface area contributed by atoms with E-state index >= 15 is 0 Å². The second-order valence-electron chi connectivity index (χ2n) is 7.08. The molecule has 1 fully saturated rings. The van der Waals surface area contributed by atoms with Crippen LogP contribution in [0.2, 0.25) is 0 Å². The van der Waals surface area contributed by atoms with Crippen molar-refractivity contribution in [2.24, 2.45) is 4.99 Å². The van der Waals surface area contributed by atoms with E-state index in [4.69, 9.17) is 0 Å². The molecule has 2 aliphatic rings. The fourth-order valence-corrected chi connectivity index (χ4v) is 3.85. The number of non-ortho nitro benzene ring substituents is 1. The maximum Gasteiger partial charge on any atom is 0.270 e. The van der Waals surface area contributed by atoms with Crippen LogP contribution in [0.1, 0.15) is 24.0 Å². The largest absolute Gasteiger partial charge is 0.309 e. The molecule has 2 aromatic rings. The molecule has 0 atom stereocenters. The molecule has 7 nitrogen and oxygen atoms in total. The molecule has 0 spiro atoms. The molecule has 2 aromatic carbocycles. The fourth-order valence-electron chi connectivity index (χ4n) is 3.85. The number of benzodiazepines with no additional fused rings is 1. The molecule has 0 aromatic heterocycles. The highest BCUT2D eigenvalue weighted by molar-refractivity contribution is 6.19. The lowest BCUT2D eigenvalue weighted by molar-refractivity contribution is -0.384. The summed E-state index contributed by atoms with van der Waals surface area (Å²) in [6, 6.07) is 14.2. The Balaban J connectivity index is 1.74. The Kier molecular flexibility index (Phi) is 5.16. The summed E-state index contributed by atoms with van der Waals surface area (Å²) in [6.07, 6.45) is 2.38. The van der Waals surface area contributed by atoms with Gasteiger partial charge in [-0.3, -0.25) is 19.9 Å². The van der Waals surface area contributed by atoms with E-state index in [2.05, 4.69) is 9.89 Å². The molecular weight excluding hydrogens is 356 g/mol. The number of anilines is 1. The molecule has 2 heterocycles. The van der Waals surface area contributed by atoms with Gasteiger partial charge in [0, 0.05) is 36.3 Å². The number of hydrogen-bond acceptors (Lipinski definition) is 5. The van der Waals surface area contributed by atoms with E-state index in [9.17, 15) is 14.9 Å². The molecule has 0 radical (unpaired) electrons. The van der Waals surface area contributed by atoms with Crippen LogP contribution in [0.25, 0.3) is 0 Å². The number of fused-ring (bicyclic) bond motifs is 1. The van der Waals surface area contributed by atoms with Gasteiger partial charge in [0.25, 0.3) is 5.69 Å². The van der Waals surface area contributed by atoms with Crippen LogP contribution < -0.4 is 4.90 Å². The van der Waals surface area contributed by atoms with E-state index in [0.29, 0.717) is 23.5 Å². The topological polar surface area (TPSA) is 79.0 Å². The van der Waals surface area contributed by atoms with Crippen LogP contribution in [0.3, 0.4) is 0 Å². The summed E-state index contributed by atoms with van der Waals surface area (Å²) in [7, 11) is 0. The number of carbonyl (C=O) groups excluding carboxylic acids is 1. The maximum absolute atomic E-state index is 12.8. The zero-order valence-corrected chi connectivity index (χ0v) is 15.6. The minimum absolute atomic E-state index is 0.00350. The first kappa shape index (κ1) is 18.3. The van der Waals surface area contributed by atoms with Gasteiger partial charge in [0.15, 0.2) is 0 Å². The van der Waals surface area contributed by atoms with Crippen LogP contribution in [0, 0.1) is 10.1 Å². The Hall–Kier alpha value is -3.06. The highest BCUT2D eigenvalue weighted by atomic mass is 16.6. The average molecular weight is 378 g/mol. The van der Waals surface area contributed by atoms with Crippen molar-refractivity contribution in [1.82, 2.24) is 4.90 Å². The molecule has 0 aliphatic carbocycles. The number of rotatable bonds is 5. The van der Waals surface area contributed by atoms with Gasteiger partial charge in [-0.25, -0.2) is 0 Å². The summed E-state index contributed by atoms with van der Waals surface area (Å²) in [5.74, 6) is -0.0831. The van der Waals surface area contributed by atoms with Crippen molar-refractivity contribution in [3.05, 3.63) is 69.8 Å². The highest BCUT2D eigenvalue weighted by Crippen LogP contribution is 2.30. The number of likely N-dealkylation sites (tertiary alicyclic amines) is 1. The number of hydrogen-bond donors (Lipinski definition) is 0. The van der Waals surface area contributed by atoms with Crippen LogP contribution in [-0.4, -0.2) is 54.2 Å². The van der Waals surface area contributed by atoms with Gasteiger partial charge in [0.2, 0.25) is 5.91 Å². The maximum atomic E-state index is 12.8. The Morgan fingerprint density at radius 3 is 2.50 bits per heavy atom. The average Bonchev–Trinajstić information content (AvgIpc) is 3.18. The summed E-state index contributed by atoms with van der Waals surface area (Å²) < 4.78 is 0. The summed E-state index contributed by atoms with van der Waals surface area (Å²) in [4.78, 5) is 32.4. The van der Waals surface area contributed by atoms with E-state index < -0.39 is 4.92 Å². The third-order valence-corrected chi connectivity index (χ3v) is 5.30. The van der Waals surface area contributed by atoms with Gasteiger partial charge >= 0.3 is 0 Å². The zero-order chi connectivity index (χ0) is 19.5. The smallest absolute Gasteiger partial charge is 0.270 e. The Morgan fingerprint density at radius 2 is 1.79 bits per heavy atom. The van der Waals surface area contributed by atoms with E-state index in [1.54, 1.807) is 11.0 Å². The molecule has 0 saturated carbocycles. The molecule has 0 unspecified atom stereocenters. The number of nitro benzene ring substituents is 1. The number of carbonyl (C=O) groups is 1. The fraction of sp³-hybridized carbons (Fsp3) is 0.333. The Bertz CT molecular complexity index is 921. The quantitative estimate of drug-likeness (QED) is 0.592. The highest BCUT2D eigenvalue weighted by Gasteiger charge is 2.27. The van der Waals surface area contributed by atoms with Gasteiger partial charge in [-0.2, -0.15) is 0 Å². The van der Waals surface area contributed by atoms with Gasteiger partial charge in [-0.15, -0.1) is 0 Å². The number of aliphatic imine (C=N–C) groups is 1. The molecule has 28 heavy (non-hydrogen) atoms. The summed E-state index contributed by atoms with van der Waals surface area (Å²) in [6.45, 7) is 3.50. The van der Waals surface area contributed by atoms with E-state index in [1.165, 1.54) is 25.0 Å². The van der Waals surface area contributed by atoms with E-state index in [-0.39, 0.29) is 18.1 Å². The number of benzene rings is 2. The first-order valence-corrected chi connectivity index (χ1v) is 9.55. The first-order valence-electron chi connectivity index (χ1n) is 9.55. The molecule has 2 aliphatic heterocycles. The lowest BCUT2D eigenvalue weighted by atomic mass is 9.99. The van der Waals surface area contributed by atoms with Crippen molar-refractivity contribution in [3.63, 3.8) is 0 Å². The molecule has 1 saturated heterocycles. The summed E-state index contributed by atoms with van der Waals surface area (Å²) >= 11 is 0. The third-order valence-electron chi connectivity index (χ3n) is 5.30. The normalized spacial score (nSPS) is 17.2. The number of nitro groups is 1. The number of amides is 1. The molecular formula is C21H22N4O3. The van der Waals surface area contributed by atoms with Gasteiger partial charge in [-0.05, 0) is 32.0 Å². The van der Waals surface area contributed by atoms with Crippen molar-refractivity contribution in [1.29, 1.82) is 0 Å². The number of nitrogens with zero attached hydrogens (tertiary/aromatic N) is 4. The zero-order valence-electron chi connectivity index (χ0n) is 15.6. The van der Waals surface area contributed by atoms with Crippen molar-refractivity contribution >= 4 is 23.0 Å². The van der Waals surface area contributed by atoms with Crippen LogP contribution >= 0.6 is 0 Å². The minimum atomic E-state index is -0.413. The monoisotopic (exact) mass is 378 g/mol. The SMILES string of the molecule is O=C1CN=C(c2ccccc2)c2cc([N+](=O)[O-])ccc2N1CCN1CCCC1. The Labute approximate surface area is 163 Å². The molecule has 7 heteroatoms. The van der Waals surface area contributed by atoms with Crippen LogP contribution in [-0.2, 0) is 4.79 Å². The minimum Gasteiger partial charge on any atom is -0.309 e. The second kappa shape index (κ2) is 7.90. The van der Waals surface area contributed by atoms with E-state index in [1.807, 2.05) is 30.3 Å². The lowest BCUT2D eigenvalue weighted by Gasteiger charge is -2.25. The lowest BCUT2D eigenvalue weighted by Crippen LogP contribution is -2.39. The van der Waals surface area contributed by atoms with Crippen molar-refractivity contribution < 1.29 is 9.72 Å². The van der Waals surface area contributed by atoms with Gasteiger partial charge < -0.3 is 9.80 Å². The van der Waals surface area contributed by atoms with E-state index in [0.717, 1.165) is 25.2 Å². The van der Waals surface area contributed by atoms with Crippen LogP contribution in [0.5, 0.6) is 0 Å². The molecule has 4 rings (SSSR count). The predicted octanol–water partition coefficient (Wildman–Crippen LogP) is 2.87. The summed E-state index contributed by atoms with van der Waals surface area (Å²) in [5.41, 5.74) is 2.79. The second-order valence-corrected chi connectivity index (χ2v) is 7.08. The molecule has 0 bridgehead atoms. The first-order chi connectivity index (χ1) is 13.6. The third kappa shape index (κ3) is 3.66. The van der Waals surface area contributed by atoms with Gasteiger partial charge in [0.05, 0.1) is 16.3 Å². The Morgan fingerprint density at radius 1 is 1.04 bits per heavy atom. The molecule has 0 N–H and O–H groups in total. The van der Waals surface area contributed by atoms with Crippen molar-refractivity contribution in [3.8, 4) is 0 Å². The van der Waals surface area contributed by atoms with Crippen LogP contribution in [0.15, 0.2) is 53.5 Å². The summed E-state index contributed by atoms with van der Waals surface area (Å²) in [5, 5.41) is 11.3. The van der Waals surface area contributed by atoms with Crippen LogP contribution in [0.4, 0.5) is 11.4 Å².